The zero-order chi connectivity index (χ0) is 21.7. The number of nitrogens with zero attached hydrogens (tertiary/aromatic N) is 4. The molecule has 1 aliphatic carbocycles. The van der Waals surface area contributed by atoms with Gasteiger partial charge in [0.1, 0.15) is 11.2 Å². The van der Waals surface area contributed by atoms with E-state index in [1.807, 2.05) is 22.6 Å². The highest BCUT2D eigenvalue weighted by atomic mass is 32.2. The van der Waals surface area contributed by atoms with Gasteiger partial charge in [0.15, 0.2) is 22.3 Å². The number of ether oxygens (including phenoxy) is 2. The Bertz CT molecular complexity index is 1350. The number of benzene rings is 1. The molecule has 1 atom stereocenters. The van der Waals surface area contributed by atoms with Gasteiger partial charge in [-0.15, -0.1) is 21.5 Å². The normalized spacial score (nSPS) is 17.1. The molecule has 0 radical (unpaired) electrons. The molecule has 4 aromatic rings. The number of aromatic nitrogens is 4. The highest BCUT2D eigenvalue weighted by Gasteiger charge is 2.24. The van der Waals surface area contributed by atoms with Crippen LogP contribution in [0.5, 0.6) is 11.5 Å². The molecule has 3 aromatic heterocycles. The Morgan fingerprint density at radius 3 is 3.16 bits per heavy atom. The minimum Gasteiger partial charge on any atom is -0.454 e. The van der Waals surface area contributed by atoms with Crippen LogP contribution in [-0.2, 0) is 24.2 Å². The fourth-order valence-corrected chi connectivity index (χ4v) is 6.33. The van der Waals surface area contributed by atoms with Crippen molar-refractivity contribution < 1.29 is 14.3 Å². The van der Waals surface area contributed by atoms with Gasteiger partial charge in [-0.05, 0) is 48.4 Å². The molecule has 1 aliphatic heterocycles. The van der Waals surface area contributed by atoms with Gasteiger partial charge >= 0.3 is 0 Å². The van der Waals surface area contributed by atoms with Crippen molar-refractivity contribution in [1.29, 1.82) is 0 Å². The first kappa shape index (κ1) is 19.8. The van der Waals surface area contributed by atoms with E-state index in [1.54, 1.807) is 17.7 Å². The van der Waals surface area contributed by atoms with E-state index in [9.17, 15) is 4.79 Å². The number of thiophene rings is 1. The lowest BCUT2D eigenvalue weighted by Crippen LogP contribution is -2.24. The van der Waals surface area contributed by atoms with Gasteiger partial charge in [-0.2, -0.15) is 0 Å². The zero-order valence-electron chi connectivity index (χ0n) is 17.5. The maximum atomic E-state index is 12.4. The SMILES string of the molecule is CC1CCc2c(sc3ncn4c(SCC(=O)NCc5ccc6c(c5)OCO6)nnc4c23)C1. The summed E-state index contributed by atoms with van der Waals surface area (Å²) in [7, 11) is 0. The van der Waals surface area contributed by atoms with E-state index >= 15 is 0 Å². The third-order valence-electron chi connectivity index (χ3n) is 5.93. The molecule has 1 amide bonds. The molecule has 0 saturated heterocycles. The monoisotopic (exact) mass is 467 g/mol. The summed E-state index contributed by atoms with van der Waals surface area (Å²) in [5, 5.41) is 13.6. The molecule has 1 N–H and O–H groups in total. The number of hydrogen-bond donors (Lipinski definition) is 1. The number of aryl methyl sites for hydroxylation is 1. The lowest BCUT2D eigenvalue weighted by atomic mass is 9.89. The second-order valence-electron chi connectivity index (χ2n) is 8.21. The molecule has 8 nitrogen and oxygen atoms in total. The van der Waals surface area contributed by atoms with Crippen LogP contribution in [0.25, 0.3) is 15.9 Å². The molecule has 1 aromatic carbocycles. The molecule has 4 heterocycles. The van der Waals surface area contributed by atoms with Gasteiger partial charge in [0.05, 0.1) is 11.1 Å². The van der Waals surface area contributed by atoms with Crippen LogP contribution in [0.3, 0.4) is 0 Å². The van der Waals surface area contributed by atoms with Crippen LogP contribution in [0.2, 0.25) is 0 Å². The number of hydrogen-bond acceptors (Lipinski definition) is 8. The van der Waals surface area contributed by atoms with Gasteiger partial charge in [0, 0.05) is 11.4 Å². The van der Waals surface area contributed by atoms with Crippen LogP contribution < -0.4 is 14.8 Å². The van der Waals surface area contributed by atoms with Gasteiger partial charge < -0.3 is 14.8 Å². The number of amides is 1. The first-order valence-electron chi connectivity index (χ1n) is 10.6. The molecule has 32 heavy (non-hydrogen) atoms. The number of fused-ring (bicyclic) bond motifs is 6. The molecule has 0 bridgehead atoms. The lowest BCUT2D eigenvalue weighted by Gasteiger charge is -2.17. The van der Waals surface area contributed by atoms with Crippen molar-refractivity contribution >= 4 is 44.9 Å². The summed E-state index contributed by atoms with van der Waals surface area (Å²) in [5.41, 5.74) is 3.18. The summed E-state index contributed by atoms with van der Waals surface area (Å²) in [6, 6.07) is 5.67. The van der Waals surface area contributed by atoms with Crippen LogP contribution in [0.15, 0.2) is 29.7 Å². The number of thioether (sulfide) groups is 1. The topological polar surface area (TPSA) is 90.6 Å². The minimum absolute atomic E-state index is 0.0691. The largest absolute Gasteiger partial charge is 0.454 e. The van der Waals surface area contributed by atoms with E-state index in [2.05, 4.69) is 27.4 Å². The number of rotatable bonds is 5. The van der Waals surface area contributed by atoms with Crippen molar-refractivity contribution in [3.05, 3.63) is 40.5 Å². The molecular weight excluding hydrogens is 446 g/mol. The van der Waals surface area contributed by atoms with E-state index in [4.69, 9.17) is 9.47 Å². The molecule has 1 unspecified atom stereocenters. The first-order valence-corrected chi connectivity index (χ1v) is 12.4. The summed E-state index contributed by atoms with van der Waals surface area (Å²) in [6.45, 7) is 2.97. The summed E-state index contributed by atoms with van der Waals surface area (Å²) in [6.07, 6.45) is 5.15. The smallest absolute Gasteiger partial charge is 0.231 e. The number of carbonyl (C=O) groups is 1. The second kappa shape index (κ2) is 7.93. The maximum absolute atomic E-state index is 12.4. The van der Waals surface area contributed by atoms with Crippen molar-refractivity contribution in [3.8, 4) is 11.5 Å². The average Bonchev–Trinajstić information content (AvgIpc) is 3.51. The number of nitrogens with one attached hydrogen (secondary N) is 1. The van der Waals surface area contributed by atoms with Crippen LogP contribution in [0.1, 0.15) is 29.3 Å². The number of carbonyl (C=O) groups excluding carboxylic acids is 1. The molecule has 164 valence electrons. The van der Waals surface area contributed by atoms with Crippen LogP contribution in [-0.4, -0.2) is 38.0 Å². The Kier molecular flexibility index (Phi) is 4.91. The summed E-state index contributed by atoms with van der Waals surface area (Å²) < 4.78 is 12.6. The highest BCUT2D eigenvalue weighted by molar-refractivity contribution is 7.99. The predicted molar refractivity (Wildman–Crippen MR) is 122 cm³/mol. The first-order chi connectivity index (χ1) is 15.7. The fourth-order valence-electron chi connectivity index (χ4n) is 4.25. The van der Waals surface area contributed by atoms with Crippen molar-refractivity contribution in [2.45, 2.75) is 37.9 Å². The Balaban J connectivity index is 1.15. The Hall–Kier alpha value is -2.85. The zero-order valence-corrected chi connectivity index (χ0v) is 19.1. The van der Waals surface area contributed by atoms with Crippen molar-refractivity contribution in [1.82, 2.24) is 24.9 Å². The quantitative estimate of drug-likeness (QED) is 0.449. The molecule has 2 aliphatic rings. The summed E-state index contributed by atoms with van der Waals surface area (Å²) >= 11 is 3.14. The van der Waals surface area contributed by atoms with Crippen molar-refractivity contribution in [2.75, 3.05) is 12.5 Å². The van der Waals surface area contributed by atoms with E-state index in [0.717, 1.165) is 40.0 Å². The van der Waals surface area contributed by atoms with E-state index in [0.29, 0.717) is 23.4 Å². The van der Waals surface area contributed by atoms with E-state index in [1.165, 1.54) is 28.6 Å². The van der Waals surface area contributed by atoms with Gasteiger partial charge in [0.25, 0.3) is 0 Å². The molecule has 6 rings (SSSR count). The lowest BCUT2D eigenvalue weighted by molar-refractivity contribution is -0.118. The van der Waals surface area contributed by atoms with E-state index in [-0.39, 0.29) is 18.5 Å². The summed E-state index contributed by atoms with van der Waals surface area (Å²) in [4.78, 5) is 19.5. The average molecular weight is 468 g/mol. The van der Waals surface area contributed by atoms with Gasteiger partial charge in [-0.1, -0.05) is 24.8 Å². The van der Waals surface area contributed by atoms with Crippen molar-refractivity contribution in [2.24, 2.45) is 5.92 Å². The van der Waals surface area contributed by atoms with Crippen molar-refractivity contribution in [3.63, 3.8) is 0 Å². The molecule has 0 saturated carbocycles. The highest BCUT2D eigenvalue weighted by Crippen LogP contribution is 2.39. The Morgan fingerprint density at radius 1 is 1.31 bits per heavy atom. The third kappa shape index (κ3) is 3.47. The van der Waals surface area contributed by atoms with Gasteiger partial charge in [-0.3, -0.25) is 9.20 Å². The molecular formula is C22H21N5O3S2. The molecule has 10 heteroatoms. The van der Waals surface area contributed by atoms with Crippen LogP contribution in [0, 0.1) is 5.92 Å². The minimum atomic E-state index is -0.0691. The molecule has 0 spiro atoms. The second-order valence-corrected chi connectivity index (χ2v) is 10.2. The molecule has 0 fully saturated rings. The fraction of sp³-hybridized carbons (Fsp3) is 0.364. The Labute approximate surface area is 192 Å². The predicted octanol–water partition coefficient (Wildman–Crippen LogP) is 3.60. The summed E-state index contributed by atoms with van der Waals surface area (Å²) in [5.74, 6) is 2.35. The standard InChI is InChI=1S/C22H21N5O3S2/c1-12-2-4-14-17(6-12)32-21-19(14)20-25-26-22(27(20)10-24-21)31-9-18(28)23-8-13-3-5-15-16(7-13)30-11-29-15/h3,5,7,10,12H,2,4,6,8-9,11H2,1H3,(H,23,28). The van der Waals surface area contributed by atoms with Crippen LogP contribution in [0.4, 0.5) is 0 Å². The third-order valence-corrected chi connectivity index (χ3v) is 8.04. The Morgan fingerprint density at radius 2 is 2.22 bits per heavy atom. The van der Waals surface area contributed by atoms with E-state index < -0.39 is 0 Å². The van der Waals surface area contributed by atoms with Gasteiger partial charge in [0.2, 0.25) is 12.7 Å². The van der Waals surface area contributed by atoms with Gasteiger partial charge in [-0.25, -0.2) is 4.98 Å². The maximum Gasteiger partial charge on any atom is 0.231 e. The van der Waals surface area contributed by atoms with Crippen LogP contribution >= 0.6 is 23.1 Å².